The fourth-order valence-electron chi connectivity index (χ4n) is 0.897. The summed E-state index contributed by atoms with van der Waals surface area (Å²) in [6.07, 6.45) is 1.68. The van der Waals surface area contributed by atoms with Gasteiger partial charge in [-0.2, -0.15) is 0 Å². The number of hydrogen-bond acceptors (Lipinski definition) is 3. The summed E-state index contributed by atoms with van der Waals surface area (Å²) in [5, 5.41) is 8.34. The molecule has 3 heteroatoms. The predicted molar refractivity (Wildman–Crippen MR) is 49.0 cm³/mol. The summed E-state index contributed by atoms with van der Waals surface area (Å²) in [6.45, 7) is 2.99. The van der Waals surface area contributed by atoms with Crippen LogP contribution in [0.3, 0.4) is 0 Å². The van der Waals surface area contributed by atoms with Gasteiger partial charge in [0.1, 0.15) is 0 Å². The Morgan fingerprint density at radius 3 is 2.54 bits per heavy atom. The van der Waals surface area contributed by atoms with Crippen molar-refractivity contribution in [3.05, 3.63) is 42.0 Å². The molecule has 0 aromatic heterocycles. The van der Waals surface area contributed by atoms with Crippen LogP contribution < -0.4 is 0 Å². The first-order valence-corrected chi connectivity index (χ1v) is 3.78. The molecule has 0 aliphatic carbocycles. The van der Waals surface area contributed by atoms with Gasteiger partial charge in [0, 0.05) is 0 Å². The Morgan fingerprint density at radius 1 is 1.46 bits per heavy atom. The highest BCUT2D eigenvalue weighted by Gasteiger charge is 2.04. The summed E-state index contributed by atoms with van der Waals surface area (Å²) in [5.41, 5.74) is 1.35. The number of hydrogen-bond donors (Lipinski definition) is 1. The lowest BCUT2D eigenvalue weighted by atomic mass is 10.1. The lowest BCUT2D eigenvalue weighted by Crippen LogP contribution is -2.05. The van der Waals surface area contributed by atoms with Gasteiger partial charge >= 0.3 is 5.97 Å². The van der Waals surface area contributed by atoms with E-state index >= 15 is 0 Å². The minimum Gasteiger partial charge on any atom is -0.435 e. The van der Waals surface area contributed by atoms with E-state index in [0.717, 1.165) is 5.56 Å². The van der Waals surface area contributed by atoms with Gasteiger partial charge in [-0.1, -0.05) is 24.8 Å². The Morgan fingerprint density at radius 2 is 2.08 bits per heavy atom. The van der Waals surface area contributed by atoms with Crippen LogP contribution in [0.4, 0.5) is 0 Å². The molecule has 0 spiro atoms. The molecule has 1 aromatic rings. The van der Waals surface area contributed by atoms with Crippen LogP contribution in [0.25, 0.3) is 6.08 Å². The minimum absolute atomic E-state index is 0.416. The van der Waals surface area contributed by atoms with Crippen molar-refractivity contribution in [1.82, 2.24) is 0 Å². The van der Waals surface area contributed by atoms with Gasteiger partial charge in [-0.15, -0.1) is 0 Å². The molecular weight excluding hydrogens is 168 g/mol. The van der Waals surface area contributed by atoms with Crippen molar-refractivity contribution < 1.29 is 14.6 Å². The van der Waals surface area contributed by atoms with Gasteiger partial charge < -0.3 is 9.84 Å². The van der Waals surface area contributed by atoms with Crippen LogP contribution in [-0.2, 0) is 4.74 Å². The third kappa shape index (κ3) is 2.42. The third-order valence-corrected chi connectivity index (χ3v) is 1.58. The number of aliphatic hydroxyl groups excluding tert-OH is 1. The van der Waals surface area contributed by atoms with Crippen molar-refractivity contribution >= 4 is 12.0 Å². The van der Waals surface area contributed by atoms with E-state index in [9.17, 15) is 4.79 Å². The van der Waals surface area contributed by atoms with Crippen LogP contribution >= 0.6 is 0 Å². The summed E-state index contributed by atoms with van der Waals surface area (Å²) < 4.78 is 4.39. The van der Waals surface area contributed by atoms with E-state index in [4.69, 9.17) is 5.11 Å². The van der Waals surface area contributed by atoms with E-state index in [1.165, 1.54) is 0 Å². The highest BCUT2D eigenvalue weighted by atomic mass is 16.6. The molecular formula is C10H10O3. The fraction of sp³-hybridized carbons (Fsp3) is 0.100. The molecule has 0 heterocycles. The zero-order valence-corrected chi connectivity index (χ0v) is 7.06. The van der Waals surface area contributed by atoms with Crippen LogP contribution in [0, 0.1) is 0 Å². The molecule has 0 atom stereocenters. The zero-order valence-electron chi connectivity index (χ0n) is 7.06. The molecule has 0 bridgehead atoms. The number of benzene rings is 1. The first-order valence-electron chi connectivity index (χ1n) is 3.78. The Hall–Kier alpha value is -1.61. The second-order valence-electron chi connectivity index (χ2n) is 2.39. The van der Waals surface area contributed by atoms with Gasteiger partial charge in [-0.05, 0) is 17.7 Å². The van der Waals surface area contributed by atoms with E-state index in [0.29, 0.717) is 5.56 Å². The number of carbonyl (C=O) groups excluding carboxylic acids is 1. The summed E-state index contributed by atoms with van der Waals surface area (Å²) in [5.74, 6) is -0.530. The summed E-state index contributed by atoms with van der Waals surface area (Å²) >= 11 is 0. The molecule has 1 aromatic carbocycles. The van der Waals surface area contributed by atoms with Gasteiger partial charge in [0.05, 0.1) is 5.56 Å². The first kappa shape index (κ1) is 9.48. The number of aliphatic hydroxyl groups is 1. The van der Waals surface area contributed by atoms with Crippen molar-refractivity contribution in [2.45, 2.75) is 0 Å². The van der Waals surface area contributed by atoms with Gasteiger partial charge in [0.25, 0.3) is 0 Å². The number of esters is 1. The summed E-state index contributed by atoms with van der Waals surface area (Å²) in [7, 11) is 0. The molecule has 1 N–H and O–H groups in total. The zero-order chi connectivity index (χ0) is 9.68. The topological polar surface area (TPSA) is 46.5 Å². The average Bonchev–Trinajstić information content (AvgIpc) is 2.18. The Bertz CT molecular complexity index is 300. The lowest BCUT2D eigenvalue weighted by Gasteiger charge is -2.00. The molecule has 0 saturated heterocycles. The van der Waals surface area contributed by atoms with Crippen LogP contribution in [0.15, 0.2) is 30.8 Å². The summed E-state index contributed by atoms with van der Waals surface area (Å²) in [6, 6.07) is 6.74. The van der Waals surface area contributed by atoms with Crippen molar-refractivity contribution in [2.24, 2.45) is 0 Å². The second-order valence-corrected chi connectivity index (χ2v) is 2.39. The molecule has 3 nitrogen and oxygen atoms in total. The Kier molecular flexibility index (Phi) is 3.23. The van der Waals surface area contributed by atoms with Crippen LogP contribution in [-0.4, -0.2) is 17.9 Å². The molecule has 0 amide bonds. The molecule has 68 valence electrons. The molecule has 0 aliphatic rings. The summed E-state index contributed by atoms with van der Waals surface area (Å²) in [4.78, 5) is 11.0. The maximum Gasteiger partial charge on any atom is 0.340 e. The molecule has 0 radical (unpaired) electrons. The highest BCUT2D eigenvalue weighted by Crippen LogP contribution is 2.06. The van der Waals surface area contributed by atoms with Crippen LogP contribution in [0.1, 0.15) is 15.9 Å². The third-order valence-electron chi connectivity index (χ3n) is 1.58. The quantitative estimate of drug-likeness (QED) is 0.562. The molecule has 13 heavy (non-hydrogen) atoms. The number of carbonyl (C=O) groups is 1. The molecule has 1 rings (SSSR count). The van der Waals surface area contributed by atoms with E-state index in [1.54, 1.807) is 30.3 Å². The largest absolute Gasteiger partial charge is 0.435 e. The average molecular weight is 178 g/mol. The van der Waals surface area contributed by atoms with E-state index < -0.39 is 12.8 Å². The Labute approximate surface area is 76.3 Å². The molecule has 0 saturated carbocycles. The maximum absolute atomic E-state index is 11.0. The van der Waals surface area contributed by atoms with E-state index in [1.807, 2.05) is 0 Å². The van der Waals surface area contributed by atoms with E-state index in [-0.39, 0.29) is 0 Å². The monoisotopic (exact) mass is 178 g/mol. The maximum atomic E-state index is 11.0. The van der Waals surface area contributed by atoms with Crippen LogP contribution in [0.5, 0.6) is 0 Å². The standard InChI is InChI=1S/C10H10O3/c1-2-8-3-5-9(6-4-8)10(12)13-7-11/h2-6,11H,1,7H2. The SMILES string of the molecule is C=Cc1ccc(C(=O)OCO)cc1. The van der Waals surface area contributed by atoms with Crippen molar-refractivity contribution in [2.75, 3.05) is 6.79 Å². The smallest absolute Gasteiger partial charge is 0.340 e. The van der Waals surface area contributed by atoms with Crippen molar-refractivity contribution in [3.63, 3.8) is 0 Å². The first-order chi connectivity index (χ1) is 6.27. The number of rotatable bonds is 3. The Balaban J connectivity index is 2.79. The molecule has 0 unspecified atom stereocenters. The van der Waals surface area contributed by atoms with Crippen LogP contribution in [0.2, 0.25) is 0 Å². The second kappa shape index (κ2) is 4.42. The fourth-order valence-corrected chi connectivity index (χ4v) is 0.897. The van der Waals surface area contributed by atoms with Crippen molar-refractivity contribution in [1.29, 1.82) is 0 Å². The van der Waals surface area contributed by atoms with Gasteiger partial charge in [-0.25, -0.2) is 4.79 Å². The predicted octanol–water partition coefficient (Wildman–Crippen LogP) is 1.44. The normalized spacial score (nSPS) is 9.31. The lowest BCUT2D eigenvalue weighted by molar-refractivity contribution is 0.00684. The highest BCUT2D eigenvalue weighted by molar-refractivity contribution is 5.89. The van der Waals surface area contributed by atoms with E-state index in [2.05, 4.69) is 11.3 Å². The van der Waals surface area contributed by atoms with Gasteiger partial charge in [-0.3, -0.25) is 0 Å². The molecule has 0 aliphatic heterocycles. The van der Waals surface area contributed by atoms with Crippen molar-refractivity contribution in [3.8, 4) is 0 Å². The van der Waals surface area contributed by atoms with Gasteiger partial charge in [0.15, 0.2) is 6.79 Å². The minimum atomic E-state index is -0.595. The molecule has 0 fully saturated rings. The van der Waals surface area contributed by atoms with Gasteiger partial charge in [0.2, 0.25) is 0 Å². The number of ether oxygens (including phenoxy) is 1.